The summed E-state index contributed by atoms with van der Waals surface area (Å²) in [6, 6.07) is 31.9. The number of nitrogens with zero attached hydrogens (tertiary/aromatic N) is 2. The lowest BCUT2D eigenvalue weighted by atomic mass is 10.3. The van der Waals surface area contributed by atoms with Crippen LogP contribution in [-0.2, 0) is 0 Å². The van der Waals surface area contributed by atoms with Gasteiger partial charge in [0.2, 0.25) is 0 Å². The van der Waals surface area contributed by atoms with Crippen molar-refractivity contribution < 1.29 is 0 Å². The molecule has 35 heavy (non-hydrogen) atoms. The van der Waals surface area contributed by atoms with Gasteiger partial charge in [-0.25, -0.2) is 0 Å². The predicted molar refractivity (Wildman–Crippen MR) is 160 cm³/mol. The smallest absolute Gasteiger partial charge is 0.189 e. The maximum atomic E-state index is 5.60. The lowest BCUT2D eigenvalue weighted by Crippen LogP contribution is -2.42. The largest absolute Gasteiger partial charge is 0.364 e. The van der Waals surface area contributed by atoms with E-state index in [4.69, 9.17) is 24.4 Å². The molecular formula is C26H30N6PS2+. The van der Waals surface area contributed by atoms with Gasteiger partial charge in [-0.3, -0.25) is 10.9 Å². The first-order valence-electron chi connectivity index (χ1n) is 11.1. The minimum Gasteiger partial charge on any atom is -0.364 e. The van der Waals surface area contributed by atoms with Gasteiger partial charge < -0.3 is 10.6 Å². The van der Waals surface area contributed by atoms with E-state index in [9.17, 15) is 0 Å². The molecule has 0 spiro atoms. The van der Waals surface area contributed by atoms with E-state index in [1.165, 1.54) is 15.9 Å². The SMILES string of the molecule is CNC(=S)NN=C(C)C(C)=NNC(=S)NC[P+](c1ccccc1)(c1ccccc1)c1ccccc1. The van der Waals surface area contributed by atoms with Crippen LogP contribution in [0, 0.1) is 0 Å². The van der Waals surface area contributed by atoms with Crippen molar-refractivity contribution in [2.75, 3.05) is 13.3 Å². The summed E-state index contributed by atoms with van der Waals surface area (Å²) in [6.45, 7) is 3.70. The Morgan fingerprint density at radius 1 is 0.657 bits per heavy atom. The molecule has 0 amide bonds. The highest BCUT2D eigenvalue weighted by atomic mass is 32.1. The summed E-state index contributed by atoms with van der Waals surface area (Å²) in [5.41, 5.74) is 7.10. The fourth-order valence-corrected chi connectivity index (χ4v) is 7.64. The molecule has 9 heteroatoms. The van der Waals surface area contributed by atoms with Gasteiger partial charge in [-0.1, -0.05) is 54.6 Å². The minimum absolute atomic E-state index is 0.435. The normalized spacial score (nSPS) is 12.0. The van der Waals surface area contributed by atoms with Crippen LogP contribution >= 0.6 is 31.7 Å². The summed E-state index contributed by atoms with van der Waals surface area (Å²) in [4.78, 5) is 0. The molecule has 0 bridgehead atoms. The first kappa shape index (κ1) is 26.4. The van der Waals surface area contributed by atoms with Crippen LogP contribution in [-0.4, -0.2) is 35.0 Å². The van der Waals surface area contributed by atoms with Gasteiger partial charge in [-0.2, -0.15) is 10.2 Å². The summed E-state index contributed by atoms with van der Waals surface area (Å²) in [5, 5.41) is 19.6. The van der Waals surface area contributed by atoms with E-state index in [0.717, 1.165) is 0 Å². The van der Waals surface area contributed by atoms with Crippen molar-refractivity contribution in [3.05, 3.63) is 91.0 Å². The molecule has 0 unspecified atom stereocenters. The highest BCUT2D eigenvalue weighted by Gasteiger charge is 2.45. The highest BCUT2D eigenvalue weighted by Crippen LogP contribution is 2.54. The zero-order valence-corrected chi connectivity index (χ0v) is 22.6. The van der Waals surface area contributed by atoms with Crippen LogP contribution in [0.2, 0.25) is 0 Å². The molecule has 180 valence electrons. The molecule has 0 aliphatic rings. The molecule has 0 atom stereocenters. The van der Waals surface area contributed by atoms with Gasteiger partial charge in [-0.05, 0) is 74.7 Å². The fraction of sp³-hybridized carbons (Fsp3) is 0.154. The molecule has 0 radical (unpaired) electrons. The average Bonchev–Trinajstić information content (AvgIpc) is 2.92. The van der Waals surface area contributed by atoms with Crippen LogP contribution in [0.1, 0.15) is 13.8 Å². The molecule has 0 heterocycles. The first-order valence-corrected chi connectivity index (χ1v) is 13.9. The van der Waals surface area contributed by atoms with Gasteiger partial charge in [0, 0.05) is 7.05 Å². The molecule has 3 aromatic rings. The van der Waals surface area contributed by atoms with Crippen molar-refractivity contribution in [2.24, 2.45) is 10.2 Å². The molecule has 0 aliphatic carbocycles. The van der Waals surface area contributed by atoms with Crippen LogP contribution < -0.4 is 37.4 Å². The minimum atomic E-state index is -2.04. The Balaban J connectivity index is 1.87. The van der Waals surface area contributed by atoms with E-state index in [2.05, 4.69) is 104 Å². The molecule has 0 aromatic heterocycles. The Morgan fingerprint density at radius 2 is 1.03 bits per heavy atom. The van der Waals surface area contributed by atoms with Crippen molar-refractivity contribution >= 4 is 69.3 Å². The number of hydrogen-bond donors (Lipinski definition) is 4. The van der Waals surface area contributed by atoms with Crippen molar-refractivity contribution in [1.82, 2.24) is 21.5 Å². The Bertz CT molecular complexity index is 1090. The van der Waals surface area contributed by atoms with Gasteiger partial charge in [0.25, 0.3) is 0 Å². The third-order valence-electron chi connectivity index (χ3n) is 5.47. The molecule has 0 saturated heterocycles. The monoisotopic (exact) mass is 521 g/mol. The molecule has 3 rings (SSSR count). The summed E-state index contributed by atoms with van der Waals surface area (Å²) >= 11 is 10.6. The van der Waals surface area contributed by atoms with Crippen LogP contribution in [0.3, 0.4) is 0 Å². The van der Waals surface area contributed by atoms with Gasteiger partial charge in [-0.15, -0.1) is 0 Å². The zero-order chi connectivity index (χ0) is 25.1. The van der Waals surface area contributed by atoms with Gasteiger partial charge in [0.1, 0.15) is 29.5 Å². The van der Waals surface area contributed by atoms with Crippen LogP contribution in [0.4, 0.5) is 0 Å². The van der Waals surface area contributed by atoms with E-state index in [0.29, 0.717) is 27.9 Å². The standard InChI is InChI=1S/C26H29N6PS2/c1-20(29-31-25(34)27-3)21(2)30-32-26(35)28-19-33(22-13-7-4-8-14-22,23-15-9-5-10-16-23)24-17-11-6-12-18-24/h4-18H,19H2,1-3H3,(H3-,27,28,29,30,31,32,34,35)/p+1. The van der Waals surface area contributed by atoms with Crippen molar-refractivity contribution in [3.63, 3.8) is 0 Å². The van der Waals surface area contributed by atoms with Crippen LogP contribution in [0.25, 0.3) is 0 Å². The second-order valence-electron chi connectivity index (χ2n) is 7.68. The van der Waals surface area contributed by atoms with Crippen molar-refractivity contribution in [3.8, 4) is 0 Å². The van der Waals surface area contributed by atoms with Gasteiger partial charge in [0.05, 0.1) is 11.4 Å². The predicted octanol–water partition coefficient (Wildman–Crippen LogP) is 3.25. The van der Waals surface area contributed by atoms with Crippen LogP contribution in [0.15, 0.2) is 101 Å². The van der Waals surface area contributed by atoms with E-state index < -0.39 is 7.26 Å². The second-order valence-corrected chi connectivity index (χ2v) is 12.0. The summed E-state index contributed by atoms with van der Waals surface area (Å²) in [5.74, 6) is 0. The zero-order valence-electron chi connectivity index (χ0n) is 20.0. The molecule has 6 nitrogen and oxygen atoms in total. The maximum Gasteiger partial charge on any atom is 0.189 e. The summed E-state index contributed by atoms with van der Waals surface area (Å²) < 4.78 is 0. The number of thiocarbonyl (C=S) groups is 2. The molecular weight excluding hydrogens is 491 g/mol. The number of nitrogens with one attached hydrogen (secondary N) is 4. The quantitative estimate of drug-likeness (QED) is 0.158. The Hall–Kier alpha value is -3.19. The molecule has 3 aromatic carbocycles. The summed E-state index contributed by atoms with van der Waals surface area (Å²) in [6.07, 6.45) is 0.649. The second kappa shape index (κ2) is 13.0. The van der Waals surface area contributed by atoms with Crippen molar-refractivity contribution in [1.29, 1.82) is 0 Å². The van der Waals surface area contributed by atoms with Gasteiger partial charge in [0.15, 0.2) is 10.2 Å². The number of hydrogen-bond acceptors (Lipinski definition) is 4. The van der Waals surface area contributed by atoms with Crippen LogP contribution in [0.5, 0.6) is 0 Å². The number of hydrazone groups is 2. The molecule has 0 aliphatic heterocycles. The molecule has 4 N–H and O–H groups in total. The third-order valence-corrected chi connectivity index (χ3v) is 10.2. The van der Waals surface area contributed by atoms with E-state index in [-0.39, 0.29) is 0 Å². The Labute approximate surface area is 218 Å². The molecule has 0 saturated carbocycles. The maximum absolute atomic E-state index is 5.60. The van der Waals surface area contributed by atoms with Crippen molar-refractivity contribution in [2.45, 2.75) is 13.8 Å². The Morgan fingerprint density at radius 3 is 1.40 bits per heavy atom. The molecule has 0 fully saturated rings. The number of rotatable bonds is 8. The average molecular weight is 522 g/mol. The first-order chi connectivity index (χ1) is 17.0. The Kier molecular flexibility index (Phi) is 9.85. The van der Waals surface area contributed by atoms with E-state index in [1.807, 2.05) is 32.0 Å². The fourth-order valence-electron chi connectivity index (χ4n) is 3.49. The highest BCUT2D eigenvalue weighted by molar-refractivity contribution is 7.95. The third kappa shape index (κ3) is 6.92. The number of benzene rings is 3. The summed E-state index contributed by atoms with van der Waals surface area (Å²) in [7, 11) is -0.309. The topological polar surface area (TPSA) is 72.8 Å². The lowest BCUT2D eigenvalue weighted by Gasteiger charge is -2.28. The lowest BCUT2D eigenvalue weighted by molar-refractivity contribution is 0.956. The van der Waals surface area contributed by atoms with E-state index in [1.54, 1.807) is 7.05 Å². The van der Waals surface area contributed by atoms with E-state index >= 15 is 0 Å². The van der Waals surface area contributed by atoms with Gasteiger partial charge >= 0.3 is 0 Å².